The van der Waals surface area contributed by atoms with Gasteiger partial charge in [-0.15, -0.1) is 0 Å². The van der Waals surface area contributed by atoms with Crippen LogP contribution in [-0.2, 0) is 16.0 Å². The Morgan fingerprint density at radius 1 is 1.17 bits per heavy atom. The molecule has 0 unspecified atom stereocenters. The number of carbonyl (C=O) groups excluding carboxylic acids is 2. The van der Waals surface area contributed by atoms with Gasteiger partial charge < -0.3 is 15.0 Å². The van der Waals surface area contributed by atoms with Gasteiger partial charge in [0.1, 0.15) is 0 Å². The summed E-state index contributed by atoms with van der Waals surface area (Å²) >= 11 is 0. The third-order valence-electron chi connectivity index (χ3n) is 3.53. The molecule has 0 fully saturated rings. The molecule has 6 heteroatoms. The van der Waals surface area contributed by atoms with Crippen LogP contribution in [0.5, 0.6) is 0 Å². The molecule has 1 amide bonds. The molecular formula is C18H17N3O3. The van der Waals surface area contributed by atoms with E-state index in [9.17, 15) is 9.59 Å². The summed E-state index contributed by atoms with van der Waals surface area (Å²) in [6.45, 7) is 2.09. The lowest BCUT2D eigenvalue weighted by atomic mass is 10.1. The van der Waals surface area contributed by atoms with Crippen LogP contribution < -0.4 is 5.32 Å². The van der Waals surface area contributed by atoms with E-state index in [1.54, 1.807) is 37.5 Å². The number of aromatic amines is 1. The summed E-state index contributed by atoms with van der Waals surface area (Å²) < 4.78 is 4.92. The highest BCUT2D eigenvalue weighted by Gasteiger charge is 2.08. The molecule has 2 aromatic carbocycles. The molecule has 3 rings (SSSR count). The number of amides is 1. The van der Waals surface area contributed by atoms with Crippen molar-refractivity contribution in [3.63, 3.8) is 0 Å². The molecule has 3 aromatic rings. The van der Waals surface area contributed by atoms with Crippen molar-refractivity contribution < 1.29 is 14.3 Å². The van der Waals surface area contributed by atoms with Crippen LogP contribution in [-0.4, -0.2) is 28.5 Å². The highest BCUT2D eigenvalue weighted by molar-refractivity contribution is 5.94. The molecule has 1 heterocycles. The molecule has 6 nitrogen and oxygen atoms in total. The number of H-pyrrole nitrogens is 1. The number of benzene rings is 2. The smallest absolute Gasteiger partial charge is 0.338 e. The number of esters is 1. The van der Waals surface area contributed by atoms with Gasteiger partial charge in [-0.25, -0.2) is 9.78 Å². The molecular weight excluding hydrogens is 306 g/mol. The molecule has 0 aliphatic heterocycles. The molecule has 122 valence electrons. The van der Waals surface area contributed by atoms with Crippen LogP contribution in [0.15, 0.2) is 48.8 Å². The first-order valence-corrected chi connectivity index (χ1v) is 7.65. The molecule has 0 radical (unpaired) electrons. The molecule has 0 aliphatic carbocycles. The van der Waals surface area contributed by atoms with Gasteiger partial charge in [-0.3, -0.25) is 4.79 Å². The maximum absolute atomic E-state index is 12.1. The van der Waals surface area contributed by atoms with Gasteiger partial charge >= 0.3 is 5.97 Å². The summed E-state index contributed by atoms with van der Waals surface area (Å²) in [5, 5.41) is 2.81. The van der Waals surface area contributed by atoms with Gasteiger partial charge in [0.25, 0.3) is 0 Å². The Morgan fingerprint density at radius 2 is 1.96 bits per heavy atom. The average Bonchev–Trinajstić information content (AvgIpc) is 3.03. The maximum Gasteiger partial charge on any atom is 0.338 e. The fourth-order valence-corrected chi connectivity index (χ4v) is 2.39. The fourth-order valence-electron chi connectivity index (χ4n) is 2.39. The van der Waals surface area contributed by atoms with Crippen LogP contribution in [0.1, 0.15) is 22.8 Å². The Morgan fingerprint density at radius 3 is 2.71 bits per heavy atom. The van der Waals surface area contributed by atoms with Gasteiger partial charge in [-0.05, 0) is 48.9 Å². The highest BCUT2D eigenvalue weighted by Crippen LogP contribution is 2.14. The summed E-state index contributed by atoms with van der Waals surface area (Å²) in [6, 6.07) is 12.3. The first kappa shape index (κ1) is 15.7. The molecule has 2 N–H and O–H groups in total. The highest BCUT2D eigenvalue weighted by atomic mass is 16.5. The first-order valence-electron chi connectivity index (χ1n) is 7.65. The van der Waals surface area contributed by atoms with Crippen molar-refractivity contribution in [3.8, 4) is 0 Å². The van der Waals surface area contributed by atoms with Crippen molar-refractivity contribution in [2.24, 2.45) is 0 Å². The van der Waals surface area contributed by atoms with Crippen molar-refractivity contribution >= 4 is 28.6 Å². The number of aromatic nitrogens is 2. The van der Waals surface area contributed by atoms with Crippen LogP contribution in [0.3, 0.4) is 0 Å². The third-order valence-corrected chi connectivity index (χ3v) is 3.53. The van der Waals surface area contributed by atoms with Crippen molar-refractivity contribution in [3.05, 3.63) is 59.9 Å². The molecule has 0 spiro atoms. The lowest BCUT2D eigenvalue weighted by Gasteiger charge is -2.07. The van der Waals surface area contributed by atoms with Gasteiger partial charge in [-0.2, -0.15) is 0 Å². The Labute approximate surface area is 138 Å². The Bertz CT molecular complexity index is 869. The van der Waals surface area contributed by atoms with Gasteiger partial charge in [0, 0.05) is 5.69 Å². The topological polar surface area (TPSA) is 84.1 Å². The van der Waals surface area contributed by atoms with E-state index in [-0.39, 0.29) is 18.3 Å². The number of imidazole rings is 1. The average molecular weight is 323 g/mol. The van der Waals surface area contributed by atoms with E-state index in [0.717, 1.165) is 16.6 Å². The molecule has 0 atom stereocenters. The monoisotopic (exact) mass is 323 g/mol. The lowest BCUT2D eigenvalue weighted by Crippen LogP contribution is -2.14. The van der Waals surface area contributed by atoms with E-state index in [2.05, 4.69) is 15.3 Å². The van der Waals surface area contributed by atoms with Crippen LogP contribution in [0.2, 0.25) is 0 Å². The zero-order chi connectivity index (χ0) is 16.9. The minimum Gasteiger partial charge on any atom is -0.462 e. The fraction of sp³-hybridized carbons (Fsp3) is 0.167. The van der Waals surface area contributed by atoms with E-state index in [1.807, 2.05) is 18.2 Å². The number of ether oxygens (including phenoxy) is 1. The van der Waals surface area contributed by atoms with Gasteiger partial charge in [-0.1, -0.05) is 6.07 Å². The normalized spacial score (nSPS) is 10.5. The number of hydrogen-bond donors (Lipinski definition) is 2. The van der Waals surface area contributed by atoms with E-state index in [1.165, 1.54) is 0 Å². The summed E-state index contributed by atoms with van der Waals surface area (Å²) in [6.07, 6.45) is 1.88. The van der Waals surface area contributed by atoms with Crippen molar-refractivity contribution in [1.29, 1.82) is 0 Å². The molecule has 0 saturated heterocycles. The zero-order valence-corrected chi connectivity index (χ0v) is 13.2. The quantitative estimate of drug-likeness (QED) is 0.707. The Hall–Kier alpha value is -3.15. The van der Waals surface area contributed by atoms with E-state index < -0.39 is 0 Å². The molecule has 0 saturated carbocycles. The van der Waals surface area contributed by atoms with Gasteiger partial charge in [0.15, 0.2) is 0 Å². The second-order valence-corrected chi connectivity index (χ2v) is 5.28. The maximum atomic E-state index is 12.1. The van der Waals surface area contributed by atoms with Gasteiger partial charge in [0.2, 0.25) is 5.91 Å². The van der Waals surface area contributed by atoms with Crippen molar-refractivity contribution in [1.82, 2.24) is 9.97 Å². The van der Waals surface area contributed by atoms with Crippen molar-refractivity contribution in [2.75, 3.05) is 11.9 Å². The number of nitrogens with one attached hydrogen (secondary N) is 2. The van der Waals surface area contributed by atoms with E-state index in [0.29, 0.717) is 17.9 Å². The molecule has 24 heavy (non-hydrogen) atoms. The predicted octanol–water partition coefficient (Wildman–Crippen LogP) is 2.92. The van der Waals surface area contributed by atoms with Crippen LogP contribution >= 0.6 is 0 Å². The predicted molar refractivity (Wildman–Crippen MR) is 90.8 cm³/mol. The van der Waals surface area contributed by atoms with Crippen LogP contribution in [0, 0.1) is 0 Å². The number of rotatable bonds is 5. The second kappa shape index (κ2) is 6.95. The Kier molecular flexibility index (Phi) is 4.56. The number of anilines is 1. The molecule has 1 aromatic heterocycles. The summed E-state index contributed by atoms with van der Waals surface area (Å²) in [5.74, 6) is -0.499. The summed E-state index contributed by atoms with van der Waals surface area (Å²) in [4.78, 5) is 30.9. The third kappa shape index (κ3) is 3.60. The summed E-state index contributed by atoms with van der Waals surface area (Å²) in [5.41, 5.74) is 3.76. The number of carbonyl (C=O) groups is 2. The van der Waals surface area contributed by atoms with Crippen LogP contribution in [0.4, 0.5) is 5.69 Å². The Balaban J connectivity index is 1.62. The number of hydrogen-bond acceptors (Lipinski definition) is 4. The number of nitrogens with zero attached hydrogens (tertiary/aromatic N) is 1. The summed E-state index contributed by atoms with van der Waals surface area (Å²) in [7, 11) is 0. The standard InChI is InChI=1S/C18H17N3O3/c1-2-24-18(23)13-4-6-14(7-5-13)21-17(22)10-12-3-8-15-16(9-12)20-11-19-15/h3-9,11H,2,10H2,1H3,(H,19,20)(H,21,22). The minimum absolute atomic E-state index is 0.127. The SMILES string of the molecule is CCOC(=O)c1ccc(NC(=O)Cc2ccc3nc[nH]c3c2)cc1. The zero-order valence-electron chi connectivity index (χ0n) is 13.2. The minimum atomic E-state index is -0.372. The largest absolute Gasteiger partial charge is 0.462 e. The van der Waals surface area contributed by atoms with Crippen LogP contribution in [0.25, 0.3) is 11.0 Å². The number of fused-ring (bicyclic) bond motifs is 1. The molecule has 0 bridgehead atoms. The molecule has 0 aliphatic rings. The first-order chi connectivity index (χ1) is 11.7. The van der Waals surface area contributed by atoms with E-state index >= 15 is 0 Å². The van der Waals surface area contributed by atoms with Gasteiger partial charge in [0.05, 0.1) is 36.0 Å². The van der Waals surface area contributed by atoms with Crippen molar-refractivity contribution in [2.45, 2.75) is 13.3 Å². The lowest BCUT2D eigenvalue weighted by molar-refractivity contribution is -0.115. The van der Waals surface area contributed by atoms with E-state index in [4.69, 9.17) is 4.74 Å². The second-order valence-electron chi connectivity index (χ2n) is 5.28.